The van der Waals surface area contributed by atoms with Crippen LogP contribution < -0.4 is 5.32 Å². The minimum absolute atomic E-state index is 0.0860. The number of likely N-dealkylation sites (tertiary alicyclic amines) is 1. The second-order valence-electron chi connectivity index (χ2n) is 4.31. The second kappa shape index (κ2) is 6.51. The van der Waals surface area contributed by atoms with Crippen LogP contribution in [0, 0.1) is 0 Å². The standard InChI is InChI=1S/C12H17N3O3S/c1-2-18-12(17)15-7-4-9(5-8-15)14-11(16)10-3-6-13-19-10/h3,6,9H,2,4-5,7-8H2,1H3,(H,14,16). The molecule has 1 aromatic rings. The first kappa shape index (κ1) is 13.8. The Morgan fingerprint density at radius 1 is 1.53 bits per heavy atom. The van der Waals surface area contributed by atoms with Crippen LogP contribution in [-0.2, 0) is 4.74 Å². The number of rotatable bonds is 3. The van der Waals surface area contributed by atoms with Gasteiger partial charge >= 0.3 is 6.09 Å². The summed E-state index contributed by atoms with van der Waals surface area (Å²) in [6.45, 7) is 3.42. The fraction of sp³-hybridized carbons (Fsp3) is 0.583. The number of amides is 2. The highest BCUT2D eigenvalue weighted by atomic mass is 32.1. The van der Waals surface area contributed by atoms with E-state index in [-0.39, 0.29) is 18.0 Å². The molecule has 1 N–H and O–H groups in total. The third-order valence-corrected chi connectivity index (χ3v) is 3.76. The number of nitrogens with one attached hydrogen (secondary N) is 1. The first-order valence-electron chi connectivity index (χ1n) is 6.34. The van der Waals surface area contributed by atoms with Crippen molar-refractivity contribution in [3.63, 3.8) is 0 Å². The summed E-state index contributed by atoms with van der Waals surface area (Å²) in [6.07, 6.45) is 2.85. The van der Waals surface area contributed by atoms with Crippen molar-refractivity contribution >= 4 is 23.5 Å². The smallest absolute Gasteiger partial charge is 0.409 e. The first-order chi connectivity index (χ1) is 9.20. The van der Waals surface area contributed by atoms with Crippen LogP contribution in [0.15, 0.2) is 12.3 Å². The lowest BCUT2D eigenvalue weighted by Crippen LogP contribution is -2.46. The number of aromatic nitrogens is 1. The Morgan fingerprint density at radius 3 is 2.84 bits per heavy atom. The minimum Gasteiger partial charge on any atom is -0.450 e. The predicted octanol–water partition coefficient (Wildman–Crippen LogP) is 1.49. The number of nitrogens with zero attached hydrogens (tertiary/aromatic N) is 2. The number of carbonyl (C=O) groups excluding carboxylic acids is 2. The molecule has 0 spiro atoms. The van der Waals surface area contributed by atoms with Gasteiger partial charge in [-0.15, -0.1) is 0 Å². The van der Waals surface area contributed by atoms with E-state index in [1.165, 1.54) is 11.5 Å². The number of ether oxygens (including phenoxy) is 1. The highest BCUT2D eigenvalue weighted by Gasteiger charge is 2.24. The van der Waals surface area contributed by atoms with Crippen molar-refractivity contribution in [1.29, 1.82) is 0 Å². The summed E-state index contributed by atoms with van der Waals surface area (Å²) < 4.78 is 8.85. The summed E-state index contributed by atoms with van der Waals surface area (Å²) in [7, 11) is 0. The molecular weight excluding hydrogens is 266 g/mol. The zero-order valence-corrected chi connectivity index (χ0v) is 11.6. The van der Waals surface area contributed by atoms with Gasteiger partial charge in [0, 0.05) is 25.3 Å². The third kappa shape index (κ3) is 3.66. The van der Waals surface area contributed by atoms with E-state index in [0.717, 1.165) is 12.8 Å². The molecule has 0 radical (unpaired) electrons. The molecule has 0 unspecified atom stereocenters. The van der Waals surface area contributed by atoms with Gasteiger partial charge in [-0.1, -0.05) is 0 Å². The molecule has 1 aromatic heterocycles. The maximum absolute atomic E-state index is 11.8. The molecule has 104 valence electrons. The van der Waals surface area contributed by atoms with Crippen molar-refractivity contribution in [2.75, 3.05) is 19.7 Å². The first-order valence-corrected chi connectivity index (χ1v) is 7.11. The van der Waals surface area contributed by atoms with Gasteiger partial charge < -0.3 is 15.0 Å². The molecule has 1 saturated heterocycles. The van der Waals surface area contributed by atoms with E-state index in [2.05, 4.69) is 9.69 Å². The zero-order valence-electron chi connectivity index (χ0n) is 10.8. The Hall–Kier alpha value is -1.63. The van der Waals surface area contributed by atoms with E-state index in [4.69, 9.17) is 4.74 Å². The molecule has 0 atom stereocenters. The van der Waals surface area contributed by atoms with Crippen LogP contribution in [0.4, 0.5) is 4.79 Å². The summed E-state index contributed by atoms with van der Waals surface area (Å²) in [6, 6.07) is 1.81. The number of piperidine rings is 1. The molecule has 1 aliphatic heterocycles. The fourth-order valence-corrected chi connectivity index (χ4v) is 2.51. The molecule has 2 rings (SSSR count). The van der Waals surface area contributed by atoms with Crippen molar-refractivity contribution in [2.24, 2.45) is 0 Å². The highest BCUT2D eigenvalue weighted by molar-refractivity contribution is 7.08. The Bertz CT molecular complexity index is 427. The van der Waals surface area contributed by atoms with Gasteiger partial charge in [0.05, 0.1) is 6.61 Å². The van der Waals surface area contributed by atoms with E-state index >= 15 is 0 Å². The molecule has 0 aromatic carbocycles. The monoisotopic (exact) mass is 283 g/mol. The summed E-state index contributed by atoms with van der Waals surface area (Å²) in [5, 5.41) is 2.97. The van der Waals surface area contributed by atoms with Crippen LogP contribution >= 0.6 is 11.5 Å². The molecule has 1 aliphatic rings. The fourth-order valence-electron chi connectivity index (χ4n) is 2.01. The lowest BCUT2D eigenvalue weighted by atomic mass is 10.1. The average molecular weight is 283 g/mol. The summed E-state index contributed by atoms with van der Waals surface area (Å²) >= 11 is 1.19. The molecule has 0 bridgehead atoms. The molecule has 1 fully saturated rings. The molecule has 2 amide bonds. The Balaban J connectivity index is 1.77. The molecule has 0 aliphatic carbocycles. The van der Waals surface area contributed by atoms with E-state index in [1.807, 2.05) is 0 Å². The van der Waals surface area contributed by atoms with Crippen LogP contribution in [0.5, 0.6) is 0 Å². The topological polar surface area (TPSA) is 71.5 Å². The van der Waals surface area contributed by atoms with E-state index in [1.54, 1.807) is 24.1 Å². The second-order valence-corrected chi connectivity index (χ2v) is 5.14. The number of carbonyl (C=O) groups is 2. The predicted molar refractivity (Wildman–Crippen MR) is 71.2 cm³/mol. The van der Waals surface area contributed by atoms with Gasteiger partial charge in [0.1, 0.15) is 4.88 Å². The Labute approximate surface area is 115 Å². The highest BCUT2D eigenvalue weighted by Crippen LogP contribution is 2.13. The molecule has 0 saturated carbocycles. The molecule has 2 heterocycles. The van der Waals surface area contributed by atoms with E-state index in [0.29, 0.717) is 24.6 Å². The van der Waals surface area contributed by atoms with Gasteiger partial charge in [0.2, 0.25) is 0 Å². The van der Waals surface area contributed by atoms with Gasteiger partial charge in [0.25, 0.3) is 5.91 Å². The maximum atomic E-state index is 11.8. The lowest BCUT2D eigenvalue weighted by molar-refractivity contribution is 0.0863. The van der Waals surface area contributed by atoms with Gasteiger partial charge in [0.15, 0.2) is 0 Å². The van der Waals surface area contributed by atoms with Gasteiger partial charge in [-0.25, -0.2) is 9.17 Å². The van der Waals surface area contributed by atoms with Crippen LogP contribution in [-0.4, -0.2) is 47.0 Å². The largest absolute Gasteiger partial charge is 0.450 e. The van der Waals surface area contributed by atoms with Crippen LogP contribution in [0.2, 0.25) is 0 Å². The Kier molecular flexibility index (Phi) is 4.73. The molecular formula is C12H17N3O3S. The summed E-state index contributed by atoms with van der Waals surface area (Å²) in [5.74, 6) is -0.0860. The maximum Gasteiger partial charge on any atom is 0.409 e. The number of hydrogen-bond donors (Lipinski definition) is 1. The van der Waals surface area contributed by atoms with E-state index in [9.17, 15) is 9.59 Å². The van der Waals surface area contributed by atoms with Crippen molar-refractivity contribution in [1.82, 2.24) is 14.6 Å². The Morgan fingerprint density at radius 2 is 2.26 bits per heavy atom. The van der Waals surface area contributed by atoms with Gasteiger partial charge in [-0.3, -0.25) is 4.79 Å². The third-order valence-electron chi connectivity index (χ3n) is 3.02. The summed E-state index contributed by atoms with van der Waals surface area (Å²) in [4.78, 5) is 25.7. The lowest BCUT2D eigenvalue weighted by Gasteiger charge is -2.31. The van der Waals surface area contributed by atoms with Gasteiger partial charge in [-0.05, 0) is 37.4 Å². The van der Waals surface area contributed by atoms with Crippen molar-refractivity contribution in [3.05, 3.63) is 17.1 Å². The van der Waals surface area contributed by atoms with Crippen LogP contribution in [0.3, 0.4) is 0 Å². The van der Waals surface area contributed by atoms with Crippen molar-refractivity contribution in [2.45, 2.75) is 25.8 Å². The quantitative estimate of drug-likeness (QED) is 0.912. The van der Waals surface area contributed by atoms with Crippen molar-refractivity contribution in [3.8, 4) is 0 Å². The molecule has 7 heteroatoms. The zero-order chi connectivity index (χ0) is 13.7. The SMILES string of the molecule is CCOC(=O)N1CCC(NC(=O)c2ccns2)CC1. The number of hydrogen-bond acceptors (Lipinski definition) is 5. The normalized spacial score (nSPS) is 16.2. The van der Waals surface area contributed by atoms with E-state index < -0.39 is 0 Å². The average Bonchev–Trinajstić information content (AvgIpc) is 2.94. The molecule has 19 heavy (non-hydrogen) atoms. The summed E-state index contributed by atoms with van der Waals surface area (Å²) in [5.41, 5.74) is 0. The van der Waals surface area contributed by atoms with Gasteiger partial charge in [-0.2, -0.15) is 0 Å². The van der Waals surface area contributed by atoms with Crippen molar-refractivity contribution < 1.29 is 14.3 Å². The van der Waals surface area contributed by atoms with Crippen LogP contribution in [0.1, 0.15) is 29.4 Å². The minimum atomic E-state index is -0.269. The molecule has 6 nitrogen and oxygen atoms in total. The van der Waals surface area contributed by atoms with Crippen LogP contribution in [0.25, 0.3) is 0 Å².